The molecule has 0 aromatic heterocycles. The molecule has 0 saturated carbocycles. The van der Waals surface area contributed by atoms with Crippen molar-refractivity contribution in [2.75, 3.05) is 13.1 Å². The maximum atomic E-state index is 13.3. The van der Waals surface area contributed by atoms with E-state index < -0.39 is 11.7 Å². The van der Waals surface area contributed by atoms with Crippen LogP contribution in [-0.4, -0.2) is 34.8 Å². The predicted molar refractivity (Wildman–Crippen MR) is 75.3 cm³/mol. The van der Waals surface area contributed by atoms with Gasteiger partial charge in [-0.2, -0.15) is 0 Å². The summed E-state index contributed by atoms with van der Waals surface area (Å²) in [5.41, 5.74) is 0.708. The molecule has 4 nitrogen and oxygen atoms in total. The van der Waals surface area contributed by atoms with Crippen LogP contribution in [0.1, 0.15) is 38.0 Å². The minimum absolute atomic E-state index is 0.340. The van der Waals surface area contributed by atoms with Crippen molar-refractivity contribution in [1.29, 1.82) is 0 Å². The number of rotatable bonds is 0. The number of amides is 1. The van der Waals surface area contributed by atoms with Gasteiger partial charge in [-0.05, 0) is 50.5 Å². The molecule has 1 aromatic carbocycles. The Kier molecular flexibility index (Phi) is 3.03. The van der Waals surface area contributed by atoms with Gasteiger partial charge in [-0.3, -0.25) is 0 Å². The van der Waals surface area contributed by atoms with Crippen LogP contribution in [0.4, 0.5) is 9.18 Å². The summed E-state index contributed by atoms with van der Waals surface area (Å²) in [6.07, 6.45) is -0.410. The van der Waals surface area contributed by atoms with E-state index in [1.54, 1.807) is 11.0 Å². The van der Waals surface area contributed by atoms with Crippen molar-refractivity contribution >= 4 is 6.09 Å². The van der Waals surface area contributed by atoms with Gasteiger partial charge in [0.2, 0.25) is 0 Å². The minimum Gasteiger partial charge on any atom is -0.444 e. The summed E-state index contributed by atoms with van der Waals surface area (Å²) in [5.74, 6) is -0.340. The molecule has 0 radical (unpaired) electrons. The van der Waals surface area contributed by atoms with Crippen molar-refractivity contribution in [2.24, 2.45) is 5.41 Å². The zero-order chi connectivity index (χ0) is 15.4. The van der Waals surface area contributed by atoms with Gasteiger partial charge >= 0.3 is 6.09 Å². The second-order valence-corrected chi connectivity index (χ2v) is 7.12. The molecule has 1 fully saturated rings. The van der Waals surface area contributed by atoms with Gasteiger partial charge in [0.25, 0.3) is 0 Å². The standard InChI is InChI=1S/C16H20FNO3/c1-15(2,3)21-14(20)18-8-16(9-18)7-10-4-5-11(17)6-12(10)13(16)19/h4-6,13,19H,7-9H2,1-3H3. The van der Waals surface area contributed by atoms with E-state index in [0.717, 1.165) is 5.56 Å². The number of aliphatic hydroxyl groups excluding tert-OH is 1. The van der Waals surface area contributed by atoms with Gasteiger partial charge in [-0.1, -0.05) is 6.07 Å². The van der Waals surface area contributed by atoms with Gasteiger partial charge < -0.3 is 14.7 Å². The number of carbonyl (C=O) groups is 1. The Morgan fingerprint density at radius 1 is 1.43 bits per heavy atom. The Labute approximate surface area is 123 Å². The van der Waals surface area contributed by atoms with Gasteiger partial charge in [-0.15, -0.1) is 0 Å². The number of aliphatic hydroxyl groups is 1. The minimum atomic E-state index is -0.720. The number of likely N-dealkylation sites (tertiary alicyclic amines) is 1. The maximum Gasteiger partial charge on any atom is 0.410 e. The number of carbonyl (C=O) groups excluding carboxylic acids is 1. The first-order chi connectivity index (χ1) is 9.70. The van der Waals surface area contributed by atoms with Gasteiger partial charge in [0.15, 0.2) is 0 Å². The number of nitrogens with zero attached hydrogens (tertiary/aromatic N) is 1. The lowest BCUT2D eigenvalue weighted by molar-refractivity contribution is -0.0860. The molecule has 1 aliphatic heterocycles. The monoisotopic (exact) mass is 293 g/mol. The molecule has 5 heteroatoms. The number of benzene rings is 1. The van der Waals surface area contributed by atoms with Crippen LogP contribution < -0.4 is 0 Å². The first-order valence-corrected chi connectivity index (χ1v) is 7.15. The molecule has 1 spiro atoms. The van der Waals surface area contributed by atoms with Crippen molar-refractivity contribution in [3.05, 3.63) is 35.1 Å². The van der Waals surface area contributed by atoms with E-state index in [4.69, 9.17) is 4.74 Å². The summed E-state index contributed by atoms with van der Waals surface area (Å²) in [4.78, 5) is 13.6. The normalized spacial score (nSPS) is 22.9. The van der Waals surface area contributed by atoms with E-state index in [-0.39, 0.29) is 17.3 Å². The van der Waals surface area contributed by atoms with Crippen LogP contribution in [0.2, 0.25) is 0 Å². The fraction of sp³-hybridized carbons (Fsp3) is 0.562. The van der Waals surface area contributed by atoms with E-state index in [1.165, 1.54) is 12.1 Å². The Morgan fingerprint density at radius 2 is 2.10 bits per heavy atom. The van der Waals surface area contributed by atoms with Crippen molar-refractivity contribution in [3.63, 3.8) is 0 Å². The second-order valence-electron chi connectivity index (χ2n) is 7.12. The zero-order valence-corrected chi connectivity index (χ0v) is 12.5. The fourth-order valence-corrected chi connectivity index (χ4v) is 3.24. The van der Waals surface area contributed by atoms with Crippen LogP contribution in [0.3, 0.4) is 0 Å². The largest absolute Gasteiger partial charge is 0.444 e. The van der Waals surface area contributed by atoms with E-state index in [9.17, 15) is 14.3 Å². The summed E-state index contributed by atoms with van der Waals surface area (Å²) in [6.45, 7) is 6.36. The summed E-state index contributed by atoms with van der Waals surface area (Å²) < 4.78 is 18.6. The highest BCUT2D eigenvalue weighted by Crippen LogP contribution is 2.51. The smallest absolute Gasteiger partial charge is 0.410 e. The third-order valence-corrected chi connectivity index (χ3v) is 4.19. The molecule has 1 N–H and O–H groups in total. The van der Waals surface area contributed by atoms with E-state index in [2.05, 4.69) is 0 Å². The average molecular weight is 293 g/mol. The van der Waals surface area contributed by atoms with Crippen LogP contribution in [0, 0.1) is 11.2 Å². The lowest BCUT2D eigenvalue weighted by Crippen LogP contribution is -2.61. The Morgan fingerprint density at radius 3 is 2.71 bits per heavy atom. The van der Waals surface area contributed by atoms with Gasteiger partial charge in [0.05, 0.1) is 6.10 Å². The Hall–Kier alpha value is -1.62. The van der Waals surface area contributed by atoms with Crippen LogP contribution in [0.5, 0.6) is 0 Å². The van der Waals surface area contributed by atoms with Crippen molar-refractivity contribution in [1.82, 2.24) is 4.90 Å². The summed E-state index contributed by atoms with van der Waals surface area (Å²) in [7, 11) is 0. The van der Waals surface area contributed by atoms with Crippen molar-refractivity contribution < 1.29 is 19.0 Å². The molecule has 21 heavy (non-hydrogen) atoms. The molecule has 1 unspecified atom stereocenters. The average Bonchev–Trinajstić information content (AvgIpc) is 2.59. The van der Waals surface area contributed by atoms with Crippen LogP contribution >= 0.6 is 0 Å². The maximum absolute atomic E-state index is 13.3. The molecule has 114 valence electrons. The Balaban J connectivity index is 1.70. The zero-order valence-electron chi connectivity index (χ0n) is 12.5. The number of fused-ring (bicyclic) bond motifs is 1. The summed E-state index contributed by atoms with van der Waals surface area (Å²) >= 11 is 0. The molecule has 1 heterocycles. The van der Waals surface area contributed by atoms with Gasteiger partial charge in [0.1, 0.15) is 11.4 Å². The molecule has 1 aliphatic carbocycles. The molecular weight excluding hydrogens is 273 g/mol. The first kappa shape index (κ1) is 14.3. The number of ether oxygens (including phenoxy) is 1. The molecule has 3 rings (SSSR count). The van der Waals surface area contributed by atoms with E-state index >= 15 is 0 Å². The van der Waals surface area contributed by atoms with Crippen LogP contribution in [-0.2, 0) is 11.2 Å². The van der Waals surface area contributed by atoms with Crippen molar-refractivity contribution in [2.45, 2.75) is 38.9 Å². The summed E-state index contributed by atoms with van der Waals surface area (Å²) in [5, 5.41) is 10.5. The summed E-state index contributed by atoms with van der Waals surface area (Å²) in [6, 6.07) is 4.53. The SMILES string of the molecule is CC(C)(C)OC(=O)N1CC2(Cc3ccc(F)cc3C2O)C1. The number of hydrogen-bond acceptors (Lipinski definition) is 3. The molecule has 1 saturated heterocycles. The topological polar surface area (TPSA) is 49.8 Å². The Bertz CT molecular complexity index is 588. The van der Waals surface area contributed by atoms with Gasteiger partial charge in [-0.25, -0.2) is 9.18 Å². The van der Waals surface area contributed by atoms with Gasteiger partial charge in [0, 0.05) is 18.5 Å². The third-order valence-electron chi connectivity index (χ3n) is 4.19. The molecule has 0 bridgehead atoms. The number of halogens is 1. The van der Waals surface area contributed by atoms with Crippen LogP contribution in [0.15, 0.2) is 18.2 Å². The lowest BCUT2D eigenvalue weighted by Gasteiger charge is -2.49. The molecule has 1 aromatic rings. The molecule has 2 aliphatic rings. The quantitative estimate of drug-likeness (QED) is 0.800. The predicted octanol–water partition coefficient (Wildman–Crippen LogP) is 2.65. The molecular formula is C16H20FNO3. The van der Waals surface area contributed by atoms with E-state index in [1.807, 2.05) is 20.8 Å². The fourth-order valence-electron chi connectivity index (χ4n) is 3.24. The molecule has 1 amide bonds. The highest BCUT2D eigenvalue weighted by molar-refractivity contribution is 5.70. The molecule has 1 atom stereocenters. The second kappa shape index (κ2) is 4.44. The van der Waals surface area contributed by atoms with Crippen molar-refractivity contribution in [3.8, 4) is 0 Å². The lowest BCUT2D eigenvalue weighted by atomic mass is 9.75. The van der Waals surface area contributed by atoms with Crippen LogP contribution in [0.25, 0.3) is 0 Å². The first-order valence-electron chi connectivity index (χ1n) is 7.15. The highest BCUT2D eigenvalue weighted by Gasteiger charge is 2.55. The number of hydrogen-bond donors (Lipinski definition) is 1. The highest BCUT2D eigenvalue weighted by atomic mass is 19.1. The third kappa shape index (κ3) is 2.39. The van der Waals surface area contributed by atoms with E-state index in [0.29, 0.717) is 25.1 Å².